The second kappa shape index (κ2) is 12.0. The van der Waals surface area contributed by atoms with E-state index in [1.165, 1.54) is 69.8 Å². The fraction of sp³-hybridized carbons (Fsp3) is 0.824. The zero-order valence-electron chi connectivity index (χ0n) is 13.5. The fourth-order valence-electron chi connectivity index (χ4n) is 2.53. The summed E-state index contributed by atoms with van der Waals surface area (Å²) in [5.74, 6) is 0. The third-order valence-corrected chi connectivity index (χ3v) is 3.79. The largest absolute Gasteiger partial charge is 0.313 e. The van der Waals surface area contributed by atoms with Crippen LogP contribution in [0.25, 0.3) is 0 Å². The van der Waals surface area contributed by atoms with Gasteiger partial charge in [0.2, 0.25) is 0 Å². The van der Waals surface area contributed by atoms with Crippen LogP contribution in [0.5, 0.6) is 0 Å². The lowest BCUT2D eigenvalue weighted by Crippen LogP contribution is -2.14. The van der Waals surface area contributed by atoms with Crippen molar-refractivity contribution in [2.24, 2.45) is 7.05 Å². The molecule has 1 N–H and O–H groups in total. The van der Waals surface area contributed by atoms with Crippen LogP contribution in [0, 0.1) is 0 Å². The maximum absolute atomic E-state index is 4.17. The van der Waals surface area contributed by atoms with Crippen molar-refractivity contribution in [3.8, 4) is 0 Å². The predicted octanol–water partition coefficient (Wildman–Crippen LogP) is 4.43. The molecule has 0 bridgehead atoms. The minimum Gasteiger partial charge on any atom is -0.313 e. The number of rotatable bonds is 13. The Morgan fingerprint density at radius 2 is 1.55 bits per heavy atom. The number of aryl methyl sites for hydroxylation is 1. The van der Waals surface area contributed by atoms with E-state index in [2.05, 4.69) is 23.5 Å². The Morgan fingerprint density at radius 3 is 2.10 bits per heavy atom. The first-order chi connectivity index (χ1) is 9.83. The van der Waals surface area contributed by atoms with Gasteiger partial charge in [0, 0.05) is 25.4 Å². The lowest BCUT2D eigenvalue weighted by molar-refractivity contribution is 0.543. The van der Waals surface area contributed by atoms with Crippen molar-refractivity contribution in [2.45, 2.75) is 77.7 Å². The van der Waals surface area contributed by atoms with Crippen LogP contribution in [0.15, 0.2) is 12.4 Å². The van der Waals surface area contributed by atoms with Crippen molar-refractivity contribution in [3.63, 3.8) is 0 Å². The van der Waals surface area contributed by atoms with Crippen molar-refractivity contribution >= 4 is 0 Å². The highest BCUT2D eigenvalue weighted by atomic mass is 15.2. The van der Waals surface area contributed by atoms with E-state index >= 15 is 0 Å². The molecule has 0 saturated carbocycles. The smallest absolute Gasteiger partial charge is 0.0534 e. The van der Waals surface area contributed by atoms with Crippen molar-refractivity contribution in [1.29, 1.82) is 0 Å². The third kappa shape index (κ3) is 9.13. The highest BCUT2D eigenvalue weighted by molar-refractivity contribution is 5.02. The third-order valence-electron chi connectivity index (χ3n) is 3.79. The maximum atomic E-state index is 4.17. The zero-order chi connectivity index (χ0) is 14.5. The summed E-state index contributed by atoms with van der Waals surface area (Å²) in [6, 6.07) is 0. The molecule has 3 nitrogen and oxygen atoms in total. The molecule has 116 valence electrons. The molecule has 1 aromatic heterocycles. The van der Waals surface area contributed by atoms with Gasteiger partial charge < -0.3 is 5.32 Å². The molecule has 1 heterocycles. The Hall–Kier alpha value is -0.830. The van der Waals surface area contributed by atoms with Crippen molar-refractivity contribution < 1.29 is 0 Å². The summed E-state index contributed by atoms with van der Waals surface area (Å²) in [6.07, 6.45) is 18.1. The maximum Gasteiger partial charge on any atom is 0.0534 e. The number of nitrogens with zero attached hydrogens (tertiary/aromatic N) is 2. The summed E-state index contributed by atoms with van der Waals surface area (Å²) < 4.78 is 1.86. The van der Waals surface area contributed by atoms with E-state index in [0.29, 0.717) is 0 Å². The van der Waals surface area contributed by atoms with Gasteiger partial charge in [-0.2, -0.15) is 5.10 Å². The summed E-state index contributed by atoms with van der Waals surface area (Å²) in [4.78, 5) is 0. The molecule has 1 rings (SSSR count). The summed E-state index contributed by atoms with van der Waals surface area (Å²) >= 11 is 0. The van der Waals surface area contributed by atoms with E-state index in [0.717, 1.165) is 13.1 Å². The summed E-state index contributed by atoms with van der Waals surface area (Å²) in [6.45, 7) is 4.36. The molecule has 0 aliphatic rings. The average molecular weight is 279 g/mol. The molecule has 1 aromatic rings. The van der Waals surface area contributed by atoms with Gasteiger partial charge in [-0.3, -0.25) is 4.68 Å². The Morgan fingerprint density at radius 1 is 0.950 bits per heavy atom. The molecule has 0 aromatic carbocycles. The van der Waals surface area contributed by atoms with Gasteiger partial charge in [0.05, 0.1) is 6.20 Å². The molecule has 0 saturated heterocycles. The first kappa shape index (κ1) is 17.2. The second-order valence-electron chi connectivity index (χ2n) is 5.88. The number of hydrogen-bond donors (Lipinski definition) is 1. The minimum atomic E-state index is 0.950. The van der Waals surface area contributed by atoms with Gasteiger partial charge in [-0.1, -0.05) is 64.7 Å². The molecule has 0 radical (unpaired) electrons. The standard InChI is InChI=1S/C17H33N3/c1-3-4-5-6-7-8-9-10-11-12-13-18-14-17-15-19-20(2)16-17/h15-16,18H,3-14H2,1-2H3. The molecule has 0 unspecified atom stereocenters. The van der Waals surface area contributed by atoms with Crippen LogP contribution in [0.3, 0.4) is 0 Å². The number of hydrogen-bond acceptors (Lipinski definition) is 2. The van der Waals surface area contributed by atoms with Gasteiger partial charge >= 0.3 is 0 Å². The summed E-state index contributed by atoms with van der Waals surface area (Å²) in [5.41, 5.74) is 1.28. The molecule has 3 heteroatoms. The molecular formula is C17H33N3. The number of nitrogens with one attached hydrogen (secondary N) is 1. The number of unbranched alkanes of at least 4 members (excludes halogenated alkanes) is 9. The SMILES string of the molecule is CCCCCCCCCCCCNCc1cnn(C)c1. The highest BCUT2D eigenvalue weighted by Crippen LogP contribution is 2.10. The lowest BCUT2D eigenvalue weighted by Gasteiger charge is -2.04. The minimum absolute atomic E-state index is 0.950. The fourth-order valence-corrected chi connectivity index (χ4v) is 2.53. The molecule has 0 aliphatic heterocycles. The van der Waals surface area contributed by atoms with E-state index < -0.39 is 0 Å². The first-order valence-corrected chi connectivity index (χ1v) is 8.51. The molecule has 0 fully saturated rings. The predicted molar refractivity (Wildman–Crippen MR) is 86.8 cm³/mol. The van der Waals surface area contributed by atoms with E-state index in [-0.39, 0.29) is 0 Å². The van der Waals surface area contributed by atoms with Gasteiger partial charge in [-0.15, -0.1) is 0 Å². The van der Waals surface area contributed by atoms with E-state index in [1.807, 2.05) is 17.9 Å². The molecule has 0 amide bonds. The van der Waals surface area contributed by atoms with E-state index in [9.17, 15) is 0 Å². The van der Waals surface area contributed by atoms with Crippen LogP contribution in [-0.4, -0.2) is 16.3 Å². The summed E-state index contributed by atoms with van der Waals surface area (Å²) in [7, 11) is 1.96. The monoisotopic (exact) mass is 279 g/mol. The first-order valence-electron chi connectivity index (χ1n) is 8.51. The normalized spacial score (nSPS) is 11.1. The molecule has 20 heavy (non-hydrogen) atoms. The van der Waals surface area contributed by atoms with Crippen LogP contribution in [0.2, 0.25) is 0 Å². The van der Waals surface area contributed by atoms with Crippen LogP contribution in [-0.2, 0) is 13.6 Å². The van der Waals surface area contributed by atoms with Crippen LogP contribution in [0.4, 0.5) is 0 Å². The highest BCUT2D eigenvalue weighted by Gasteiger charge is 1.95. The molecular weight excluding hydrogens is 246 g/mol. The lowest BCUT2D eigenvalue weighted by atomic mass is 10.1. The number of aromatic nitrogens is 2. The molecule has 0 aliphatic carbocycles. The second-order valence-corrected chi connectivity index (χ2v) is 5.88. The van der Waals surface area contributed by atoms with Gasteiger partial charge in [-0.05, 0) is 13.0 Å². The Bertz CT molecular complexity index is 320. The van der Waals surface area contributed by atoms with Gasteiger partial charge in [0.25, 0.3) is 0 Å². The molecule has 0 spiro atoms. The van der Waals surface area contributed by atoms with Gasteiger partial charge in [0.15, 0.2) is 0 Å². The summed E-state index contributed by atoms with van der Waals surface area (Å²) in [5, 5.41) is 7.66. The van der Waals surface area contributed by atoms with E-state index in [1.54, 1.807) is 0 Å². The van der Waals surface area contributed by atoms with Crippen molar-refractivity contribution in [1.82, 2.24) is 15.1 Å². The van der Waals surface area contributed by atoms with E-state index in [4.69, 9.17) is 0 Å². The zero-order valence-corrected chi connectivity index (χ0v) is 13.5. The van der Waals surface area contributed by atoms with Gasteiger partial charge in [0.1, 0.15) is 0 Å². The Labute approximate surface area is 125 Å². The molecule has 0 atom stereocenters. The van der Waals surface area contributed by atoms with Crippen molar-refractivity contribution in [2.75, 3.05) is 6.54 Å². The van der Waals surface area contributed by atoms with Crippen LogP contribution in [0.1, 0.15) is 76.7 Å². The quantitative estimate of drug-likeness (QED) is 0.541. The topological polar surface area (TPSA) is 29.9 Å². The van der Waals surface area contributed by atoms with Crippen molar-refractivity contribution in [3.05, 3.63) is 18.0 Å². The van der Waals surface area contributed by atoms with Crippen LogP contribution < -0.4 is 5.32 Å². The van der Waals surface area contributed by atoms with Crippen LogP contribution >= 0.6 is 0 Å². The van der Waals surface area contributed by atoms with Gasteiger partial charge in [-0.25, -0.2) is 0 Å². The Balaban J connectivity index is 1.76. The average Bonchev–Trinajstić information content (AvgIpc) is 2.86. The Kier molecular flexibility index (Phi) is 10.3.